The third kappa shape index (κ3) is 2.13. The van der Waals surface area contributed by atoms with Gasteiger partial charge in [-0.3, -0.25) is 4.79 Å². The van der Waals surface area contributed by atoms with Crippen molar-refractivity contribution in [2.45, 2.75) is 19.8 Å². The zero-order valence-corrected chi connectivity index (χ0v) is 9.00. The van der Waals surface area contributed by atoms with Gasteiger partial charge in [-0.1, -0.05) is 13.3 Å². The predicted octanol–water partition coefficient (Wildman–Crippen LogP) is 1.43. The van der Waals surface area contributed by atoms with E-state index in [1.807, 2.05) is 6.20 Å². The maximum Gasteiger partial charge on any atom is 0.250 e. The Bertz CT molecular complexity index is 475. The van der Waals surface area contributed by atoms with Crippen molar-refractivity contribution in [3.63, 3.8) is 0 Å². The van der Waals surface area contributed by atoms with Crippen LogP contribution in [0.25, 0.3) is 5.95 Å². The van der Waals surface area contributed by atoms with Crippen LogP contribution in [-0.4, -0.2) is 26.0 Å². The first-order valence-electron chi connectivity index (χ1n) is 5.14. The molecule has 0 saturated carbocycles. The molecule has 0 aliphatic carbocycles. The number of nitrogens with zero attached hydrogens (tertiary/aromatic N) is 4. The molecule has 0 saturated heterocycles. The van der Waals surface area contributed by atoms with Crippen molar-refractivity contribution >= 4 is 6.29 Å². The molecule has 0 aromatic carbocycles. The van der Waals surface area contributed by atoms with Crippen molar-refractivity contribution in [3.8, 4) is 5.95 Å². The van der Waals surface area contributed by atoms with Gasteiger partial charge in [-0.25, -0.2) is 14.6 Å². The predicted molar refractivity (Wildman–Crippen MR) is 58.5 cm³/mol. The molecule has 0 aliphatic rings. The lowest BCUT2D eigenvalue weighted by atomic mass is 10.2. The zero-order chi connectivity index (χ0) is 11.4. The first kappa shape index (κ1) is 10.5. The fourth-order valence-electron chi connectivity index (χ4n) is 1.40. The van der Waals surface area contributed by atoms with Crippen molar-refractivity contribution < 1.29 is 4.79 Å². The second kappa shape index (κ2) is 4.65. The van der Waals surface area contributed by atoms with Gasteiger partial charge in [0, 0.05) is 18.6 Å². The molecule has 0 amide bonds. The van der Waals surface area contributed by atoms with Gasteiger partial charge in [-0.15, -0.1) is 0 Å². The van der Waals surface area contributed by atoms with Crippen LogP contribution < -0.4 is 0 Å². The Kier molecular flexibility index (Phi) is 3.05. The molecule has 2 aromatic rings. The second-order valence-corrected chi connectivity index (χ2v) is 3.48. The van der Waals surface area contributed by atoms with Crippen LogP contribution in [0.3, 0.4) is 0 Å². The average molecular weight is 216 g/mol. The molecule has 0 aliphatic heterocycles. The lowest BCUT2D eigenvalue weighted by molar-refractivity contribution is 0.112. The Morgan fingerprint density at radius 3 is 2.69 bits per heavy atom. The molecule has 5 nitrogen and oxygen atoms in total. The van der Waals surface area contributed by atoms with Gasteiger partial charge < -0.3 is 0 Å². The Labute approximate surface area is 93.2 Å². The van der Waals surface area contributed by atoms with Gasteiger partial charge >= 0.3 is 0 Å². The van der Waals surface area contributed by atoms with Gasteiger partial charge in [0.05, 0.1) is 11.8 Å². The molecule has 0 atom stereocenters. The molecule has 0 fully saturated rings. The largest absolute Gasteiger partial charge is 0.298 e. The van der Waals surface area contributed by atoms with E-state index in [4.69, 9.17) is 0 Å². The monoisotopic (exact) mass is 216 g/mol. The molecule has 82 valence electrons. The molecule has 2 heterocycles. The quantitative estimate of drug-likeness (QED) is 0.725. The fraction of sp³-hybridized carbons (Fsp3) is 0.273. The van der Waals surface area contributed by atoms with Crippen molar-refractivity contribution in [3.05, 3.63) is 35.9 Å². The molecule has 16 heavy (non-hydrogen) atoms. The second-order valence-electron chi connectivity index (χ2n) is 3.48. The maximum atomic E-state index is 10.4. The van der Waals surface area contributed by atoms with E-state index in [1.165, 1.54) is 12.4 Å². The Morgan fingerprint density at radius 1 is 1.31 bits per heavy atom. The smallest absolute Gasteiger partial charge is 0.250 e. The molecule has 0 spiro atoms. The molecular formula is C11H12N4O. The summed E-state index contributed by atoms with van der Waals surface area (Å²) in [7, 11) is 0. The number of rotatable bonds is 4. The van der Waals surface area contributed by atoms with Gasteiger partial charge in [0.1, 0.15) is 0 Å². The van der Waals surface area contributed by atoms with Crippen LogP contribution in [0.2, 0.25) is 0 Å². The summed E-state index contributed by atoms with van der Waals surface area (Å²) >= 11 is 0. The summed E-state index contributed by atoms with van der Waals surface area (Å²) in [5, 5.41) is 4.16. The van der Waals surface area contributed by atoms with E-state index in [0.717, 1.165) is 24.7 Å². The van der Waals surface area contributed by atoms with Crippen molar-refractivity contribution in [1.29, 1.82) is 0 Å². The highest BCUT2D eigenvalue weighted by molar-refractivity contribution is 5.73. The van der Waals surface area contributed by atoms with Crippen LogP contribution in [0, 0.1) is 0 Å². The summed E-state index contributed by atoms with van der Waals surface area (Å²) in [6.45, 7) is 2.12. The van der Waals surface area contributed by atoms with Gasteiger partial charge in [0.15, 0.2) is 6.29 Å². The lowest BCUT2D eigenvalue weighted by Gasteiger charge is -1.97. The highest BCUT2D eigenvalue weighted by atomic mass is 16.1. The summed E-state index contributed by atoms with van der Waals surface area (Å²) in [4.78, 5) is 18.5. The van der Waals surface area contributed by atoms with Crippen LogP contribution in [0.1, 0.15) is 29.3 Å². The number of aryl methyl sites for hydroxylation is 1. The standard InChI is InChI=1S/C11H12N4O/c1-2-3-9-6-14-15(7-9)11-12-4-10(8-16)5-13-11/h4-8H,2-3H2,1H3. The lowest BCUT2D eigenvalue weighted by Crippen LogP contribution is -2.01. The van der Waals surface area contributed by atoms with Crippen molar-refractivity contribution in [1.82, 2.24) is 19.7 Å². The van der Waals surface area contributed by atoms with E-state index in [1.54, 1.807) is 10.9 Å². The van der Waals surface area contributed by atoms with E-state index in [-0.39, 0.29) is 0 Å². The first-order chi connectivity index (χ1) is 7.83. The minimum atomic E-state index is 0.463. The van der Waals surface area contributed by atoms with Crippen molar-refractivity contribution in [2.75, 3.05) is 0 Å². The van der Waals surface area contributed by atoms with E-state index >= 15 is 0 Å². The third-order valence-corrected chi connectivity index (χ3v) is 2.17. The SMILES string of the molecule is CCCc1cnn(-c2ncc(C=O)cn2)c1. The Balaban J connectivity index is 2.24. The topological polar surface area (TPSA) is 60.7 Å². The minimum Gasteiger partial charge on any atom is -0.298 e. The molecular weight excluding hydrogens is 204 g/mol. The third-order valence-electron chi connectivity index (χ3n) is 2.17. The molecule has 2 aromatic heterocycles. The molecule has 5 heteroatoms. The Hall–Kier alpha value is -2.04. The Morgan fingerprint density at radius 2 is 2.06 bits per heavy atom. The minimum absolute atomic E-state index is 0.463. The van der Waals surface area contributed by atoms with Crippen molar-refractivity contribution in [2.24, 2.45) is 0 Å². The summed E-state index contributed by atoms with van der Waals surface area (Å²) in [5.74, 6) is 0.480. The number of carbonyl (C=O) groups excluding carboxylic acids is 1. The molecule has 0 N–H and O–H groups in total. The molecule has 0 unspecified atom stereocenters. The average Bonchev–Trinajstić information content (AvgIpc) is 2.78. The molecule has 2 rings (SSSR count). The normalized spacial score (nSPS) is 10.3. The maximum absolute atomic E-state index is 10.4. The van der Waals surface area contributed by atoms with Crippen LogP contribution in [0.15, 0.2) is 24.8 Å². The van der Waals surface area contributed by atoms with Gasteiger partial charge in [0.2, 0.25) is 5.95 Å². The van der Waals surface area contributed by atoms with Crippen LogP contribution in [0.5, 0.6) is 0 Å². The van der Waals surface area contributed by atoms with Crippen LogP contribution in [-0.2, 0) is 6.42 Å². The number of carbonyl (C=O) groups is 1. The van der Waals surface area contributed by atoms with E-state index in [9.17, 15) is 4.79 Å². The van der Waals surface area contributed by atoms with Gasteiger partial charge in [-0.2, -0.15) is 5.10 Å². The highest BCUT2D eigenvalue weighted by Crippen LogP contribution is 2.05. The highest BCUT2D eigenvalue weighted by Gasteiger charge is 2.02. The van der Waals surface area contributed by atoms with E-state index < -0.39 is 0 Å². The van der Waals surface area contributed by atoms with Gasteiger partial charge in [0.25, 0.3) is 0 Å². The fourth-order valence-corrected chi connectivity index (χ4v) is 1.40. The number of hydrogen-bond donors (Lipinski definition) is 0. The zero-order valence-electron chi connectivity index (χ0n) is 9.00. The number of hydrogen-bond acceptors (Lipinski definition) is 4. The summed E-state index contributed by atoms with van der Waals surface area (Å²) < 4.78 is 1.61. The summed E-state index contributed by atoms with van der Waals surface area (Å²) in [6, 6.07) is 0. The summed E-state index contributed by atoms with van der Waals surface area (Å²) in [6.07, 6.45) is 9.46. The van der Waals surface area contributed by atoms with Gasteiger partial charge in [-0.05, 0) is 12.0 Å². The number of aromatic nitrogens is 4. The van der Waals surface area contributed by atoms with E-state index in [0.29, 0.717) is 11.5 Å². The van der Waals surface area contributed by atoms with Crippen LogP contribution >= 0.6 is 0 Å². The van der Waals surface area contributed by atoms with Crippen LogP contribution in [0.4, 0.5) is 0 Å². The molecule has 0 bridgehead atoms. The number of aldehydes is 1. The van der Waals surface area contributed by atoms with E-state index in [2.05, 4.69) is 22.0 Å². The summed E-state index contributed by atoms with van der Waals surface area (Å²) in [5.41, 5.74) is 1.62. The molecule has 0 radical (unpaired) electrons. The first-order valence-corrected chi connectivity index (χ1v) is 5.14.